The largest absolute Gasteiger partial charge is 0.494 e. The highest BCUT2D eigenvalue weighted by Crippen LogP contribution is 2.42. The maximum Gasteiger partial charge on any atom is 0.259 e. The number of aromatic nitrogens is 1. The average Bonchev–Trinajstić information content (AvgIpc) is 3.27. The molecule has 2 aromatic rings. The number of amidine groups is 1. The highest BCUT2D eigenvalue weighted by Gasteiger charge is 2.34. The number of fused-ring (bicyclic) bond motifs is 3. The van der Waals surface area contributed by atoms with Crippen molar-refractivity contribution in [1.82, 2.24) is 20.1 Å². The Kier molecular flexibility index (Phi) is 6.22. The molecule has 0 unspecified atom stereocenters. The lowest BCUT2D eigenvalue weighted by atomic mass is 10.1. The molecule has 10 nitrogen and oxygen atoms in total. The Morgan fingerprint density at radius 3 is 2.78 bits per heavy atom. The minimum Gasteiger partial charge on any atom is -0.494 e. The number of nitrogens with zero attached hydrogens (tertiary/aromatic N) is 5. The van der Waals surface area contributed by atoms with Gasteiger partial charge in [-0.3, -0.25) is 20.0 Å². The number of carbonyl (C=O) groups excluding carboxylic acids is 1. The third-order valence-corrected chi connectivity index (χ3v) is 5.14. The third-order valence-electron chi connectivity index (χ3n) is 5.14. The molecule has 2 aliphatic rings. The summed E-state index contributed by atoms with van der Waals surface area (Å²) >= 11 is 0. The van der Waals surface area contributed by atoms with Crippen molar-refractivity contribution in [1.29, 1.82) is 0 Å². The van der Waals surface area contributed by atoms with Crippen molar-refractivity contribution in [2.45, 2.75) is 6.42 Å². The second-order valence-corrected chi connectivity index (χ2v) is 7.71. The number of carbonyl (C=O) groups is 1. The van der Waals surface area contributed by atoms with Gasteiger partial charge in [-0.15, -0.1) is 0 Å². The Morgan fingerprint density at radius 1 is 1.25 bits per heavy atom. The van der Waals surface area contributed by atoms with Gasteiger partial charge in [0, 0.05) is 19.3 Å². The van der Waals surface area contributed by atoms with E-state index in [9.17, 15) is 4.79 Å². The van der Waals surface area contributed by atoms with E-state index in [1.807, 2.05) is 31.1 Å². The first kappa shape index (κ1) is 21.6. The van der Waals surface area contributed by atoms with Crippen LogP contribution in [-0.4, -0.2) is 79.9 Å². The van der Waals surface area contributed by atoms with Gasteiger partial charge in [0.2, 0.25) is 5.96 Å². The Bertz CT molecular complexity index is 1060. The van der Waals surface area contributed by atoms with E-state index < -0.39 is 0 Å². The number of aliphatic imine (C=N–C) groups is 2. The van der Waals surface area contributed by atoms with Gasteiger partial charge in [0.25, 0.3) is 5.91 Å². The molecule has 0 saturated carbocycles. The van der Waals surface area contributed by atoms with Crippen LogP contribution in [0.15, 0.2) is 40.4 Å². The molecule has 0 bridgehead atoms. The number of hydrogen-bond acceptors (Lipinski definition) is 9. The Labute approximate surface area is 186 Å². The predicted molar refractivity (Wildman–Crippen MR) is 123 cm³/mol. The number of guanidine groups is 1. The summed E-state index contributed by atoms with van der Waals surface area (Å²) in [5, 5.41) is 2.88. The highest BCUT2D eigenvalue weighted by molar-refractivity contribution is 6.20. The molecule has 32 heavy (non-hydrogen) atoms. The van der Waals surface area contributed by atoms with Crippen molar-refractivity contribution in [3.8, 4) is 11.5 Å². The lowest BCUT2D eigenvalue weighted by molar-refractivity contribution is 0.0973. The number of methoxy groups -OCH3 is 1. The van der Waals surface area contributed by atoms with Gasteiger partial charge in [-0.2, -0.15) is 0 Å². The number of ether oxygens (including phenoxy) is 2. The van der Waals surface area contributed by atoms with E-state index in [1.165, 1.54) is 6.20 Å². The Balaban J connectivity index is 1.65. The second kappa shape index (κ2) is 9.23. The van der Waals surface area contributed by atoms with Crippen LogP contribution in [0, 0.1) is 0 Å². The Morgan fingerprint density at radius 2 is 2.06 bits per heavy atom. The monoisotopic (exact) mass is 437 g/mol. The summed E-state index contributed by atoms with van der Waals surface area (Å²) in [5.74, 6) is 2.39. The van der Waals surface area contributed by atoms with Gasteiger partial charge in [0.1, 0.15) is 28.8 Å². The minimum atomic E-state index is -0.332. The summed E-state index contributed by atoms with van der Waals surface area (Å²) in [7, 11) is 5.65. The van der Waals surface area contributed by atoms with Gasteiger partial charge in [-0.1, -0.05) is 0 Å². The molecule has 4 rings (SSSR count). The zero-order valence-corrected chi connectivity index (χ0v) is 18.5. The van der Waals surface area contributed by atoms with E-state index in [2.05, 4.69) is 20.2 Å². The maximum absolute atomic E-state index is 12.8. The molecular weight excluding hydrogens is 410 g/mol. The number of rotatable bonds is 7. The van der Waals surface area contributed by atoms with E-state index in [0.29, 0.717) is 60.1 Å². The van der Waals surface area contributed by atoms with Crippen molar-refractivity contribution >= 4 is 29.2 Å². The fraction of sp³-hybridized carbons (Fsp3) is 0.364. The van der Waals surface area contributed by atoms with Crippen LogP contribution in [0.2, 0.25) is 0 Å². The first-order valence-electron chi connectivity index (χ1n) is 10.4. The fourth-order valence-corrected chi connectivity index (χ4v) is 3.57. The highest BCUT2D eigenvalue weighted by atomic mass is 16.5. The molecule has 0 aliphatic carbocycles. The van der Waals surface area contributed by atoms with E-state index in [1.54, 1.807) is 19.2 Å². The molecule has 3 N–H and O–H groups in total. The molecule has 1 aromatic carbocycles. The van der Waals surface area contributed by atoms with Gasteiger partial charge in [0.15, 0.2) is 0 Å². The summed E-state index contributed by atoms with van der Waals surface area (Å²) in [4.78, 5) is 30.2. The number of hydrogen-bond donors (Lipinski definition) is 2. The number of amides is 1. The molecule has 0 radical (unpaired) electrons. The topological polar surface area (TPSA) is 118 Å². The summed E-state index contributed by atoms with van der Waals surface area (Å²) in [6.45, 7) is 2.69. The van der Waals surface area contributed by atoms with Crippen molar-refractivity contribution < 1.29 is 14.3 Å². The molecule has 10 heteroatoms. The van der Waals surface area contributed by atoms with E-state index in [0.717, 1.165) is 18.5 Å². The number of nitrogens with two attached hydrogens (primary N) is 1. The summed E-state index contributed by atoms with van der Waals surface area (Å²) in [5.41, 5.74) is 7.36. The van der Waals surface area contributed by atoms with Crippen LogP contribution in [0.5, 0.6) is 11.5 Å². The van der Waals surface area contributed by atoms with E-state index in [4.69, 9.17) is 20.2 Å². The molecule has 0 fully saturated rings. The molecule has 2 aliphatic heterocycles. The number of pyridine rings is 1. The SMILES string of the molecule is COc1ccc(OCCCN(C)C)c2c1N=C(NC(=O)c1ccc(N)nc1)N1CCN=C21. The van der Waals surface area contributed by atoms with Gasteiger partial charge in [-0.25, -0.2) is 9.98 Å². The number of nitrogen functional groups attached to an aromatic ring is 1. The quantitative estimate of drug-likeness (QED) is 0.630. The van der Waals surface area contributed by atoms with E-state index >= 15 is 0 Å². The van der Waals surface area contributed by atoms with Crippen molar-refractivity contribution in [2.75, 3.05) is 53.2 Å². The van der Waals surface area contributed by atoms with Crippen LogP contribution in [0.1, 0.15) is 22.3 Å². The number of nitrogens with one attached hydrogen (secondary N) is 1. The first-order chi connectivity index (χ1) is 15.5. The lowest BCUT2D eigenvalue weighted by Crippen LogP contribution is -2.47. The van der Waals surface area contributed by atoms with Crippen molar-refractivity contribution in [3.05, 3.63) is 41.6 Å². The molecular formula is C22H27N7O3. The van der Waals surface area contributed by atoms with Gasteiger partial charge >= 0.3 is 0 Å². The predicted octanol–water partition coefficient (Wildman–Crippen LogP) is 1.50. The smallest absolute Gasteiger partial charge is 0.259 e. The van der Waals surface area contributed by atoms with Crippen molar-refractivity contribution in [3.63, 3.8) is 0 Å². The summed E-state index contributed by atoms with van der Waals surface area (Å²) in [6, 6.07) is 6.90. The number of anilines is 1. The van der Waals surface area contributed by atoms with Gasteiger partial charge in [0.05, 0.1) is 31.4 Å². The molecule has 1 amide bonds. The number of benzene rings is 1. The average molecular weight is 438 g/mol. The molecule has 0 spiro atoms. The van der Waals surface area contributed by atoms with E-state index in [-0.39, 0.29) is 5.91 Å². The molecule has 168 valence electrons. The lowest BCUT2D eigenvalue weighted by Gasteiger charge is -2.29. The fourth-order valence-electron chi connectivity index (χ4n) is 3.57. The molecule has 3 heterocycles. The Hall–Kier alpha value is -3.66. The normalized spacial score (nSPS) is 14.4. The summed E-state index contributed by atoms with van der Waals surface area (Å²) in [6.07, 6.45) is 2.32. The molecule has 1 aromatic heterocycles. The van der Waals surface area contributed by atoms with Crippen LogP contribution in [0.4, 0.5) is 11.5 Å². The second-order valence-electron chi connectivity index (χ2n) is 7.71. The summed E-state index contributed by atoms with van der Waals surface area (Å²) < 4.78 is 11.6. The van der Waals surface area contributed by atoms with Gasteiger partial charge in [-0.05, 0) is 44.8 Å². The maximum atomic E-state index is 12.8. The van der Waals surface area contributed by atoms with Crippen LogP contribution < -0.4 is 20.5 Å². The van der Waals surface area contributed by atoms with Crippen LogP contribution in [0.25, 0.3) is 0 Å². The first-order valence-corrected chi connectivity index (χ1v) is 10.4. The van der Waals surface area contributed by atoms with Crippen molar-refractivity contribution in [2.24, 2.45) is 9.98 Å². The zero-order chi connectivity index (χ0) is 22.7. The third kappa shape index (κ3) is 4.35. The molecule has 0 saturated heterocycles. The van der Waals surface area contributed by atoms with Crippen LogP contribution in [-0.2, 0) is 0 Å². The van der Waals surface area contributed by atoms with Crippen LogP contribution >= 0.6 is 0 Å². The zero-order valence-electron chi connectivity index (χ0n) is 18.5. The van der Waals surface area contributed by atoms with Crippen LogP contribution in [0.3, 0.4) is 0 Å². The standard InChI is InChI=1S/C22H27N7O3/c1-28(2)10-4-12-32-15-6-7-16(31-3)19-18(15)20-24-9-11-29(20)22(26-19)27-21(30)14-5-8-17(23)25-13-14/h5-8,13H,4,9-12H2,1-3H3,(H2,23,25)(H,26,27,30). The molecule has 0 atom stereocenters. The minimum absolute atomic E-state index is 0.332. The van der Waals surface area contributed by atoms with Gasteiger partial charge < -0.3 is 20.1 Å².